The van der Waals surface area contributed by atoms with Gasteiger partial charge < -0.3 is 14.8 Å². The molecule has 0 saturated heterocycles. The number of amides is 1. The van der Waals surface area contributed by atoms with Crippen molar-refractivity contribution in [2.75, 3.05) is 12.4 Å². The van der Waals surface area contributed by atoms with Crippen LogP contribution < -0.4 is 14.8 Å². The molecule has 0 aliphatic heterocycles. The highest BCUT2D eigenvalue weighted by Crippen LogP contribution is 2.27. The average molecular weight is 478 g/mol. The molecule has 3 aromatic carbocycles. The van der Waals surface area contributed by atoms with Crippen LogP contribution >= 0.6 is 0 Å². The maximum Gasteiger partial charge on any atom is 0.266 e. The third-order valence-electron chi connectivity index (χ3n) is 5.79. The number of nitrogens with zero attached hydrogens (tertiary/aromatic N) is 2. The van der Waals surface area contributed by atoms with Gasteiger partial charge in [-0.05, 0) is 59.5 Å². The van der Waals surface area contributed by atoms with Crippen molar-refractivity contribution in [2.45, 2.75) is 26.4 Å². The molecule has 0 aliphatic rings. The first-order valence-electron chi connectivity index (χ1n) is 11.6. The Bertz CT molecular complexity index is 1450. The summed E-state index contributed by atoms with van der Waals surface area (Å²) in [7, 11) is 1.59. The van der Waals surface area contributed by atoms with Gasteiger partial charge in [-0.3, -0.25) is 9.78 Å². The van der Waals surface area contributed by atoms with E-state index >= 15 is 0 Å². The SMILES string of the molecule is COc1ccc(C=C(C#N)C(=O)Nc2ccc(C(C)C)cc2)cc1COc1cccc2cccnc12. The lowest BCUT2D eigenvalue weighted by Crippen LogP contribution is -2.13. The van der Waals surface area contributed by atoms with E-state index in [-0.39, 0.29) is 12.2 Å². The molecule has 0 fully saturated rings. The fraction of sp³-hybridized carbons (Fsp3) is 0.167. The largest absolute Gasteiger partial charge is 0.496 e. The normalized spacial score (nSPS) is 11.2. The molecule has 0 spiro atoms. The summed E-state index contributed by atoms with van der Waals surface area (Å²) >= 11 is 0. The van der Waals surface area contributed by atoms with Crippen LogP contribution in [-0.4, -0.2) is 18.0 Å². The minimum absolute atomic E-state index is 0.00164. The number of hydrogen-bond acceptors (Lipinski definition) is 5. The quantitative estimate of drug-likeness (QED) is 0.232. The second kappa shape index (κ2) is 11.2. The van der Waals surface area contributed by atoms with Gasteiger partial charge in [0.05, 0.1) is 7.11 Å². The standard InChI is InChI=1S/C30H27N3O3/c1-20(2)22-10-12-26(13-11-22)33-30(34)24(18-31)16-21-9-14-27(35-3)25(17-21)19-36-28-8-4-6-23-7-5-15-32-29(23)28/h4-17,20H,19H2,1-3H3,(H,33,34). The predicted molar refractivity (Wildman–Crippen MR) is 142 cm³/mol. The lowest BCUT2D eigenvalue weighted by Gasteiger charge is -2.12. The number of nitrogens with one attached hydrogen (secondary N) is 1. The molecule has 180 valence electrons. The monoisotopic (exact) mass is 477 g/mol. The van der Waals surface area contributed by atoms with Crippen LogP contribution in [-0.2, 0) is 11.4 Å². The molecule has 1 heterocycles. The van der Waals surface area contributed by atoms with Crippen LogP contribution in [0.15, 0.2) is 84.6 Å². The van der Waals surface area contributed by atoms with Crippen molar-refractivity contribution in [1.82, 2.24) is 4.98 Å². The van der Waals surface area contributed by atoms with Gasteiger partial charge in [0, 0.05) is 22.8 Å². The van der Waals surface area contributed by atoms with E-state index in [2.05, 4.69) is 24.1 Å². The van der Waals surface area contributed by atoms with Gasteiger partial charge in [-0.1, -0.05) is 50.2 Å². The Morgan fingerprint density at radius 1 is 1.06 bits per heavy atom. The summed E-state index contributed by atoms with van der Waals surface area (Å²) in [6.45, 7) is 4.45. The van der Waals surface area contributed by atoms with E-state index in [1.807, 2.05) is 66.7 Å². The zero-order valence-corrected chi connectivity index (χ0v) is 20.5. The number of hydrogen-bond donors (Lipinski definition) is 1. The third-order valence-corrected chi connectivity index (χ3v) is 5.79. The van der Waals surface area contributed by atoms with Crippen molar-refractivity contribution < 1.29 is 14.3 Å². The van der Waals surface area contributed by atoms with Crippen molar-refractivity contribution in [2.24, 2.45) is 0 Å². The molecular weight excluding hydrogens is 450 g/mol. The number of aromatic nitrogens is 1. The van der Waals surface area contributed by atoms with Crippen LogP contribution in [0.4, 0.5) is 5.69 Å². The molecule has 6 heteroatoms. The molecule has 1 amide bonds. The number of ether oxygens (including phenoxy) is 2. The van der Waals surface area contributed by atoms with Gasteiger partial charge in [-0.15, -0.1) is 0 Å². The molecule has 0 aliphatic carbocycles. The second-order valence-corrected chi connectivity index (χ2v) is 8.59. The summed E-state index contributed by atoms with van der Waals surface area (Å²) in [5.74, 6) is 1.24. The Kier molecular flexibility index (Phi) is 7.62. The van der Waals surface area contributed by atoms with Crippen LogP contribution in [0.3, 0.4) is 0 Å². The second-order valence-electron chi connectivity index (χ2n) is 8.59. The van der Waals surface area contributed by atoms with Gasteiger partial charge in [-0.2, -0.15) is 5.26 Å². The number of methoxy groups -OCH3 is 1. The van der Waals surface area contributed by atoms with E-state index in [1.165, 1.54) is 5.56 Å². The van der Waals surface area contributed by atoms with E-state index in [1.54, 1.807) is 31.5 Å². The summed E-state index contributed by atoms with van der Waals surface area (Å²) in [5.41, 5.74) is 4.06. The van der Waals surface area contributed by atoms with Crippen molar-refractivity contribution in [1.29, 1.82) is 5.26 Å². The molecule has 1 N–H and O–H groups in total. The topological polar surface area (TPSA) is 84.2 Å². The molecule has 6 nitrogen and oxygen atoms in total. The molecule has 4 rings (SSSR count). The number of fused-ring (bicyclic) bond motifs is 1. The first-order chi connectivity index (χ1) is 17.5. The van der Waals surface area contributed by atoms with E-state index in [9.17, 15) is 10.1 Å². The maximum atomic E-state index is 12.8. The molecule has 0 radical (unpaired) electrons. The Morgan fingerprint density at radius 2 is 1.83 bits per heavy atom. The summed E-state index contributed by atoms with van der Waals surface area (Å²) in [4.78, 5) is 17.2. The molecule has 1 aromatic heterocycles. The molecule has 36 heavy (non-hydrogen) atoms. The van der Waals surface area contributed by atoms with Gasteiger partial charge >= 0.3 is 0 Å². The highest BCUT2D eigenvalue weighted by molar-refractivity contribution is 6.09. The first-order valence-corrected chi connectivity index (χ1v) is 11.6. The van der Waals surface area contributed by atoms with Crippen LogP contribution in [0.2, 0.25) is 0 Å². The summed E-state index contributed by atoms with van der Waals surface area (Å²) < 4.78 is 11.6. The molecule has 4 aromatic rings. The number of rotatable bonds is 8. The molecule has 0 bridgehead atoms. The lowest BCUT2D eigenvalue weighted by atomic mass is 10.0. The zero-order chi connectivity index (χ0) is 25.5. The highest BCUT2D eigenvalue weighted by Gasteiger charge is 2.12. The average Bonchev–Trinajstić information content (AvgIpc) is 2.90. The molecule has 0 atom stereocenters. The highest BCUT2D eigenvalue weighted by atomic mass is 16.5. The molecule has 0 saturated carbocycles. The number of para-hydroxylation sites is 1. The van der Waals surface area contributed by atoms with E-state index in [4.69, 9.17) is 9.47 Å². The number of pyridine rings is 1. The van der Waals surface area contributed by atoms with Gasteiger partial charge in [-0.25, -0.2) is 0 Å². The zero-order valence-electron chi connectivity index (χ0n) is 20.5. The Morgan fingerprint density at radius 3 is 2.56 bits per heavy atom. The van der Waals surface area contributed by atoms with Crippen molar-refractivity contribution in [3.05, 3.63) is 101 Å². The Labute approximate surface area is 210 Å². The van der Waals surface area contributed by atoms with E-state index in [0.29, 0.717) is 28.7 Å². The number of benzene rings is 3. The number of nitriles is 1. The molecular formula is C30H27N3O3. The fourth-order valence-corrected chi connectivity index (χ4v) is 3.81. The lowest BCUT2D eigenvalue weighted by molar-refractivity contribution is -0.112. The van der Waals surface area contributed by atoms with Gasteiger partial charge in [0.1, 0.15) is 35.3 Å². The van der Waals surface area contributed by atoms with Crippen LogP contribution in [0.1, 0.15) is 36.5 Å². The van der Waals surface area contributed by atoms with Gasteiger partial charge in [0.15, 0.2) is 0 Å². The Hall–Kier alpha value is -4.63. The van der Waals surface area contributed by atoms with Crippen LogP contribution in [0, 0.1) is 11.3 Å². The maximum absolute atomic E-state index is 12.8. The van der Waals surface area contributed by atoms with Crippen LogP contribution in [0.25, 0.3) is 17.0 Å². The minimum Gasteiger partial charge on any atom is -0.496 e. The van der Waals surface area contributed by atoms with Gasteiger partial charge in [0.2, 0.25) is 0 Å². The van der Waals surface area contributed by atoms with Crippen LogP contribution in [0.5, 0.6) is 11.5 Å². The summed E-state index contributed by atoms with van der Waals surface area (Å²) in [6.07, 6.45) is 3.29. The Balaban J connectivity index is 1.53. The van der Waals surface area contributed by atoms with Crippen molar-refractivity contribution in [3.63, 3.8) is 0 Å². The third kappa shape index (κ3) is 5.70. The van der Waals surface area contributed by atoms with E-state index < -0.39 is 5.91 Å². The number of anilines is 1. The minimum atomic E-state index is -0.467. The summed E-state index contributed by atoms with van der Waals surface area (Å²) in [5, 5.41) is 13.4. The first kappa shape index (κ1) is 24.5. The molecule has 0 unspecified atom stereocenters. The van der Waals surface area contributed by atoms with E-state index in [0.717, 1.165) is 16.5 Å². The number of carbonyl (C=O) groups excluding carboxylic acids is 1. The van der Waals surface area contributed by atoms with Crippen molar-refractivity contribution in [3.8, 4) is 17.6 Å². The summed E-state index contributed by atoms with van der Waals surface area (Å²) in [6, 6.07) is 24.7. The number of carbonyl (C=O) groups is 1. The van der Waals surface area contributed by atoms with Crippen molar-refractivity contribution >= 4 is 28.6 Å². The van der Waals surface area contributed by atoms with Gasteiger partial charge in [0.25, 0.3) is 5.91 Å². The fourth-order valence-electron chi connectivity index (χ4n) is 3.81. The smallest absolute Gasteiger partial charge is 0.266 e. The predicted octanol–water partition coefficient (Wildman–Crippen LogP) is 6.49.